The largest absolute Gasteiger partial charge is 0.335 e. The molecule has 0 aliphatic rings. The maximum atomic E-state index is 12.9. The second kappa shape index (κ2) is 7.25. The highest BCUT2D eigenvalue weighted by molar-refractivity contribution is 6.35. The van der Waals surface area contributed by atoms with Crippen LogP contribution in [0.2, 0.25) is 10.0 Å². The molecule has 5 nitrogen and oxygen atoms in total. The van der Waals surface area contributed by atoms with Gasteiger partial charge >= 0.3 is 0 Å². The van der Waals surface area contributed by atoms with Gasteiger partial charge in [0.2, 0.25) is 0 Å². The summed E-state index contributed by atoms with van der Waals surface area (Å²) >= 11 is 12.2. The van der Waals surface area contributed by atoms with Gasteiger partial charge in [-0.3, -0.25) is 4.79 Å². The summed E-state index contributed by atoms with van der Waals surface area (Å²) in [4.78, 5) is 19.0. The topological polar surface area (TPSA) is 51.0 Å². The summed E-state index contributed by atoms with van der Waals surface area (Å²) in [5, 5.41) is 6.29. The Labute approximate surface area is 162 Å². The monoisotopic (exact) mass is 390 g/mol. The Kier molecular flexibility index (Phi) is 5.21. The van der Waals surface area contributed by atoms with Crippen LogP contribution in [-0.2, 0) is 0 Å². The number of pyridine rings is 1. The summed E-state index contributed by atoms with van der Waals surface area (Å²) < 4.78 is 1.84. The van der Waals surface area contributed by atoms with Gasteiger partial charge < -0.3 is 4.90 Å². The molecule has 3 rings (SSSR count). The molecule has 1 atom stereocenters. The third-order valence-electron chi connectivity index (χ3n) is 4.48. The predicted molar refractivity (Wildman–Crippen MR) is 105 cm³/mol. The molecule has 3 aromatic rings. The van der Waals surface area contributed by atoms with Crippen LogP contribution in [0.3, 0.4) is 0 Å². The normalized spacial score (nSPS) is 12.6. The van der Waals surface area contributed by atoms with E-state index >= 15 is 0 Å². The van der Waals surface area contributed by atoms with Crippen molar-refractivity contribution in [2.45, 2.75) is 32.9 Å². The molecule has 0 radical (unpaired) electrons. The fourth-order valence-electron chi connectivity index (χ4n) is 2.86. The van der Waals surface area contributed by atoms with Crippen LogP contribution < -0.4 is 0 Å². The Morgan fingerprint density at radius 3 is 2.54 bits per heavy atom. The zero-order valence-electron chi connectivity index (χ0n) is 15.1. The fraction of sp³-hybridized carbons (Fsp3) is 0.316. The van der Waals surface area contributed by atoms with Crippen molar-refractivity contribution in [3.8, 4) is 0 Å². The van der Waals surface area contributed by atoms with Gasteiger partial charge in [-0.15, -0.1) is 0 Å². The van der Waals surface area contributed by atoms with Crippen LogP contribution in [0, 0.1) is 0 Å². The van der Waals surface area contributed by atoms with Crippen LogP contribution in [0.25, 0.3) is 11.0 Å². The first kappa shape index (κ1) is 18.7. The lowest BCUT2D eigenvalue weighted by molar-refractivity contribution is 0.0742. The molecule has 26 heavy (non-hydrogen) atoms. The molecule has 0 bridgehead atoms. The van der Waals surface area contributed by atoms with Gasteiger partial charge in [0.1, 0.15) is 0 Å². The van der Waals surface area contributed by atoms with Crippen LogP contribution in [-0.4, -0.2) is 32.6 Å². The van der Waals surface area contributed by atoms with Crippen molar-refractivity contribution in [3.63, 3.8) is 0 Å². The van der Waals surface area contributed by atoms with E-state index in [0.29, 0.717) is 15.6 Å². The van der Waals surface area contributed by atoms with Crippen molar-refractivity contribution < 1.29 is 4.79 Å². The molecule has 0 aliphatic carbocycles. The molecule has 0 fully saturated rings. The molecular formula is C19H20Cl2N4O. The average Bonchev–Trinajstić information content (AvgIpc) is 3.03. The number of benzene rings is 1. The molecule has 1 aromatic carbocycles. The van der Waals surface area contributed by atoms with E-state index in [0.717, 1.165) is 16.6 Å². The molecule has 1 amide bonds. The molecule has 7 heteroatoms. The van der Waals surface area contributed by atoms with Crippen LogP contribution in [0.1, 0.15) is 48.8 Å². The Morgan fingerprint density at radius 1 is 1.15 bits per heavy atom. The van der Waals surface area contributed by atoms with Gasteiger partial charge in [0.05, 0.1) is 17.8 Å². The van der Waals surface area contributed by atoms with E-state index in [1.807, 2.05) is 37.6 Å². The summed E-state index contributed by atoms with van der Waals surface area (Å²) in [6.07, 6.45) is 3.33. The van der Waals surface area contributed by atoms with E-state index < -0.39 is 0 Å². The minimum absolute atomic E-state index is 0.129. The van der Waals surface area contributed by atoms with Gasteiger partial charge in [0.25, 0.3) is 5.91 Å². The third kappa shape index (κ3) is 3.41. The van der Waals surface area contributed by atoms with Gasteiger partial charge in [0.15, 0.2) is 5.65 Å². The van der Waals surface area contributed by atoms with E-state index in [1.165, 1.54) is 0 Å². The molecular weight excluding hydrogens is 371 g/mol. The van der Waals surface area contributed by atoms with Crippen molar-refractivity contribution in [2.75, 3.05) is 7.05 Å². The van der Waals surface area contributed by atoms with Crippen LogP contribution in [0.4, 0.5) is 0 Å². The van der Waals surface area contributed by atoms with Crippen LogP contribution >= 0.6 is 23.2 Å². The lowest BCUT2D eigenvalue weighted by Crippen LogP contribution is -2.30. The highest BCUT2D eigenvalue weighted by Gasteiger charge is 2.22. The maximum Gasteiger partial charge on any atom is 0.255 e. The molecule has 0 saturated carbocycles. The second-order valence-electron chi connectivity index (χ2n) is 6.58. The van der Waals surface area contributed by atoms with Gasteiger partial charge in [-0.2, -0.15) is 5.10 Å². The average molecular weight is 391 g/mol. The number of aromatic nitrogens is 3. The van der Waals surface area contributed by atoms with E-state index in [1.54, 1.807) is 36.5 Å². The molecule has 136 valence electrons. The molecule has 0 aliphatic heterocycles. The fourth-order valence-corrected chi connectivity index (χ4v) is 3.43. The third-order valence-corrected chi connectivity index (χ3v) is 5.05. The minimum Gasteiger partial charge on any atom is -0.335 e. The molecule has 0 N–H and O–H groups in total. The zero-order valence-corrected chi connectivity index (χ0v) is 16.6. The van der Waals surface area contributed by atoms with Crippen molar-refractivity contribution in [2.24, 2.45) is 0 Å². The summed E-state index contributed by atoms with van der Waals surface area (Å²) in [6.45, 7) is 6.01. The summed E-state index contributed by atoms with van der Waals surface area (Å²) in [7, 11) is 1.75. The number of rotatable bonds is 4. The highest BCUT2D eigenvalue weighted by Crippen LogP contribution is 2.30. The Hall–Kier alpha value is -2.11. The van der Waals surface area contributed by atoms with Gasteiger partial charge in [-0.05, 0) is 44.5 Å². The smallest absolute Gasteiger partial charge is 0.255 e. The molecule has 2 aromatic heterocycles. The number of carbonyl (C=O) groups excluding carboxylic acids is 1. The van der Waals surface area contributed by atoms with Gasteiger partial charge in [0, 0.05) is 34.7 Å². The predicted octanol–water partition coefficient (Wildman–Crippen LogP) is 5.15. The van der Waals surface area contributed by atoms with Crippen LogP contribution in [0.5, 0.6) is 0 Å². The lowest BCUT2D eigenvalue weighted by Gasteiger charge is -2.26. The number of nitrogens with zero attached hydrogens (tertiary/aromatic N) is 4. The first-order valence-electron chi connectivity index (χ1n) is 8.35. The molecule has 0 spiro atoms. The first-order chi connectivity index (χ1) is 12.3. The zero-order chi connectivity index (χ0) is 19.0. The number of fused-ring (bicyclic) bond motifs is 1. The van der Waals surface area contributed by atoms with E-state index in [2.05, 4.69) is 10.1 Å². The maximum absolute atomic E-state index is 12.9. The number of halogens is 2. The molecule has 0 saturated heterocycles. The first-order valence-corrected chi connectivity index (χ1v) is 9.10. The van der Waals surface area contributed by atoms with Gasteiger partial charge in [-0.25, -0.2) is 9.67 Å². The van der Waals surface area contributed by atoms with Crippen molar-refractivity contribution in [1.29, 1.82) is 0 Å². The van der Waals surface area contributed by atoms with Gasteiger partial charge in [-0.1, -0.05) is 29.3 Å². The van der Waals surface area contributed by atoms with Crippen molar-refractivity contribution in [1.82, 2.24) is 19.7 Å². The van der Waals surface area contributed by atoms with Crippen molar-refractivity contribution in [3.05, 3.63) is 57.8 Å². The Bertz CT molecular complexity index is 967. The lowest BCUT2D eigenvalue weighted by atomic mass is 10.1. The number of hydrogen-bond donors (Lipinski definition) is 0. The van der Waals surface area contributed by atoms with E-state index in [9.17, 15) is 4.79 Å². The summed E-state index contributed by atoms with van der Waals surface area (Å²) in [6, 6.07) is 7.11. The van der Waals surface area contributed by atoms with E-state index in [4.69, 9.17) is 23.2 Å². The Balaban J connectivity index is 1.89. The number of carbonyl (C=O) groups is 1. The van der Waals surface area contributed by atoms with E-state index in [-0.39, 0.29) is 18.0 Å². The summed E-state index contributed by atoms with van der Waals surface area (Å²) in [5.41, 5.74) is 2.13. The quantitative estimate of drug-likeness (QED) is 0.618. The summed E-state index contributed by atoms with van der Waals surface area (Å²) in [5.74, 6) is -0.129. The standard InChI is InChI=1S/C19H20Cl2N4O/c1-11(2)25-18-13(10-23-25)7-14(9-22-18)19(26)24(4)12(3)16-6-5-15(20)8-17(16)21/h5-12H,1-4H3. The Morgan fingerprint density at radius 2 is 1.88 bits per heavy atom. The second-order valence-corrected chi connectivity index (χ2v) is 7.42. The highest BCUT2D eigenvalue weighted by atomic mass is 35.5. The van der Waals surface area contributed by atoms with Crippen LogP contribution in [0.15, 0.2) is 36.7 Å². The minimum atomic E-state index is -0.207. The van der Waals surface area contributed by atoms with Crippen molar-refractivity contribution >= 4 is 40.1 Å². The number of amides is 1. The molecule has 2 heterocycles. The number of hydrogen-bond acceptors (Lipinski definition) is 3. The SMILES string of the molecule is CC(c1ccc(Cl)cc1Cl)N(C)C(=O)c1cnc2c(cnn2C(C)C)c1. The molecule has 1 unspecified atom stereocenters.